The lowest BCUT2D eigenvalue weighted by Gasteiger charge is -2.06. The molecule has 1 aromatic carbocycles. The van der Waals surface area contributed by atoms with Crippen LogP contribution < -0.4 is 4.74 Å². The summed E-state index contributed by atoms with van der Waals surface area (Å²) in [5.74, 6) is 0.758. The maximum absolute atomic E-state index is 5.85. The van der Waals surface area contributed by atoms with Crippen LogP contribution in [0.3, 0.4) is 0 Å². The molecule has 0 aliphatic heterocycles. The fourth-order valence-corrected chi connectivity index (χ4v) is 1.48. The van der Waals surface area contributed by atoms with Crippen molar-refractivity contribution >= 4 is 11.6 Å². The summed E-state index contributed by atoms with van der Waals surface area (Å²) < 4.78 is 5.23. The van der Waals surface area contributed by atoms with E-state index >= 15 is 0 Å². The number of nitrogens with zero attached hydrogens (tertiary/aromatic N) is 2. The Morgan fingerprint density at radius 2 is 2.07 bits per heavy atom. The Balaban J connectivity index is 2.53. The number of rotatable bonds is 2. The van der Waals surface area contributed by atoms with E-state index in [2.05, 4.69) is 10.2 Å². The summed E-state index contributed by atoms with van der Waals surface area (Å²) in [6.07, 6.45) is 1.50. The third-order valence-electron chi connectivity index (χ3n) is 2.00. The van der Waals surface area contributed by atoms with Crippen molar-refractivity contribution in [1.82, 2.24) is 10.2 Å². The van der Waals surface area contributed by atoms with E-state index in [9.17, 15) is 0 Å². The third-order valence-corrected chi connectivity index (χ3v) is 2.21. The highest BCUT2D eigenvalue weighted by Gasteiger charge is 2.06. The van der Waals surface area contributed by atoms with E-state index in [1.165, 1.54) is 6.20 Å². The highest BCUT2D eigenvalue weighted by Crippen LogP contribution is 2.28. The Kier molecular flexibility index (Phi) is 2.83. The predicted octanol–water partition coefficient (Wildman–Crippen LogP) is 2.81. The highest BCUT2D eigenvalue weighted by atomic mass is 35.5. The van der Waals surface area contributed by atoms with Crippen molar-refractivity contribution in [2.24, 2.45) is 0 Å². The van der Waals surface area contributed by atoms with E-state index < -0.39 is 0 Å². The van der Waals surface area contributed by atoms with Gasteiger partial charge in [-0.1, -0.05) is 23.7 Å². The van der Waals surface area contributed by atoms with Gasteiger partial charge in [-0.3, -0.25) is 0 Å². The van der Waals surface area contributed by atoms with Gasteiger partial charge in [0.1, 0.15) is 5.75 Å². The first-order chi connectivity index (χ1) is 7.31. The van der Waals surface area contributed by atoms with Crippen molar-refractivity contribution in [1.29, 1.82) is 0 Å². The zero-order chi connectivity index (χ0) is 10.7. The summed E-state index contributed by atoms with van der Waals surface area (Å²) in [6.45, 7) is 0. The van der Waals surface area contributed by atoms with Crippen LogP contribution in [0.5, 0.6) is 5.75 Å². The van der Waals surface area contributed by atoms with Crippen molar-refractivity contribution in [3.05, 3.63) is 41.6 Å². The fraction of sp³-hybridized carbons (Fsp3) is 0.0909. The number of benzene rings is 1. The second kappa shape index (κ2) is 4.28. The zero-order valence-electron chi connectivity index (χ0n) is 8.14. The maximum Gasteiger partial charge on any atom is 0.128 e. The van der Waals surface area contributed by atoms with E-state index in [0.717, 1.165) is 11.3 Å². The third kappa shape index (κ3) is 2.07. The van der Waals surface area contributed by atoms with Gasteiger partial charge < -0.3 is 4.74 Å². The molecule has 0 bridgehead atoms. The van der Waals surface area contributed by atoms with Gasteiger partial charge in [0.2, 0.25) is 0 Å². The van der Waals surface area contributed by atoms with Gasteiger partial charge in [0.05, 0.1) is 24.0 Å². The first kappa shape index (κ1) is 9.93. The molecule has 76 valence electrons. The lowest BCUT2D eigenvalue weighted by Crippen LogP contribution is -1.91. The van der Waals surface area contributed by atoms with Gasteiger partial charge in [-0.2, -0.15) is 10.2 Å². The minimum Gasteiger partial charge on any atom is -0.496 e. The van der Waals surface area contributed by atoms with E-state index in [1.807, 2.05) is 24.3 Å². The standard InChI is InChI=1S/C11H9ClN2O/c1-15-11-5-3-2-4-9(11)10-6-8(12)7-13-14-10/h2-7H,1H3. The lowest BCUT2D eigenvalue weighted by atomic mass is 10.1. The molecule has 0 fully saturated rings. The molecule has 0 amide bonds. The molecule has 4 heteroatoms. The van der Waals surface area contributed by atoms with Crippen molar-refractivity contribution < 1.29 is 4.74 Å². The minimum atomic E-state index is 0.561. The molecule has 0 saturated heterocycles. The Morgan fingerprint density at radius 3 is 2.80 bits per heavy atom. The Hall–Kier alpha value is -1.61. The van der Waals surface area contributed by atoms with E-state index in [-0.39, 0.29) is 0 Å². The molecule has 0 aliphatic carbocycles. The number of ether oxygens (including phenoxy) is 1. The van der Waals surface area contributed by atoms with E-state index in [1.54, 1.807) is 13.2 Å². The molecular weight excluding hydrogens is 212 g/mol. The largest absolute Gasteiger partial charge is 0.496 e. The molecule has 0 unspecified atom stereocenters. The lowest BCUT2D eigenvalue weighted by molar-refractivity contribution is 0.416. The predicted molar refractivity (Wildman–Crippen MR) is 59.0 cm³/mol. The van der Waals surface area contributed by atoms with Crippen molar-refractivity contribution in [3.8, 4) is 17.0 Å². The Labute approximate surface area is 92.7 Å². The molecule has 1 heterocycles. The molecule has 0 radical (unpaired) electrons. The number of aromatic nitrogens is 2. The monoisotopic (exact) mass is 220 g/mol. The maximum atomic E-state index is 5.85. The molecule has 2 rings (SSSR count). The number of hydrogen-bond acceptors (Lipinski definition) is 3. The van der Waals surface area contributed by atoms with E-state index in [4.69, 9.17) is 16.3 Å². The van der Waals surface area contributed by atoms with Crippen LogP contribution in [0.1, 0.15) is 0 Å². The first-order valence-electron chi connectivity index (χ1n) is 4.43. The van der Waals surface area contributed by atoms with Crippen molar-refractivity contribution in [2.45, 2.75) is 0 Å². The number of halogens is 1. The van der Waals surface area contributed by atoms with E-state index in [0.29, 0.717) is 10.7 Å². The normalized spacial score (nSPS) is 10.0. The molecule has 15 heavy (non-hydrogen) atoms. The van der Waals surface area contributed by atoms with Gasteiger partial charge in [0, 0.05) is 5.56 Å². The van der Waals surface area contributed by atoms with Gasteiger partial charge in [0.25, 0.3) is 0 Å². The SMILES string of the molecule is COc1ccccc1-c1cc(Cl)cnn1. The first-order valence-corrected chi connectivity index (χ1v) is 4.80. The molecule has 0 saturated carbocycles. The molecular formula is C11H9ClN2O. The van der Waals surface area contributed by atoms with Gasteiger partial charge in [-0.25, -0.2) is 0 Å². The second-order valence-electron chi connectivity index (χ2n) is 2.96. The molecule has 1 aromatic heterocycles. The number of methoxy groups -OCH3 is 1. The van der Waals surface area contributed by atoms with Crippen molar-refractivity contribution in [2.75, 3.05) is 7.11 Å². The summed E-state index contributed by atoms with van der Waals surface area (Å²) in [6, 6.07) is 9.37. The number of para-hydroxylation sites is 1. The second-order valence-corrected chi connectivity index (χ2v) is 3.40. The average molecular weight is 221 g/mol. The average Bonchev–Trinajstić information content (AvgIpc) is 2.29. The van der Waals surface area contributed by atoms with Crippen LogP contribution in [0.4, 0.5) is 0 Å². The minimum absolute atomic E-state index is 0.561. The van der Waals surface area contributed by atoms with Crippen molar-refractivity contribution in [3.63, 3.8) is 0 Å². The molecule has 2 aromatic rings. The topological polar surface area (TPSA) is 35.0 Å². The summed E-state index contributed by atoms with van der Waals surface area (Å²) in [5.41, 5.74) is 1.59. The highest BCUT2D eigenvalue weighted by molar-refractivity contribution is 6.30. The Morgan fingerprint density at radius 1 is 1.27 bits per heavy atom. The quantitative estimate of drug-likeness (QED) is 0.781. The summed E-state index contributed by atoms with van der Waals surface area (Å²) in [4.78, 5) is 0. The van der Waals surface area contributed by atoms with Crippen LogP contribution in [0.25, 0.3) is 11.3 Å². The van der Waals surface area contributed by atoms with Crippen LogP contribution in [-0.4, -0.2) is 17.3 Å². The zero-order valence-corrected chi connectivity index (χ0v) is 8.90. The summed E-state index contributed by atoms with van der Waals surface area (Å²) >= 11 is 5.85. The smallest absolute Gasteiger partial charge is 0.128 e. The van der Waals surface area contributed by atoms with Gasteiger partial charge in [-0.15, -0.1) is 0 Å². The summed E-state index contributed by atoms with van der Waals surface area (Å²) in [5, 5.41) is 8.36. The molecule has 0 N–H and O–H groups in total. The van der Waals surface area contributed by atoms with Crippen LogP contribution in [-0.2, 0) is 0 Å². The summed E-state index contributed by atoms with van der Waals surface area (Å²) in [7, 11) is 1.62. The van der Waals surface area contributed by atoms with Crippen LogP contribution >= 0.6 is 11.6 Å². The van der Waals surface area contributed by atoms with Gasteiger partial charge in [-0.05, 0) is 18.2 Å². The fourth-order valence-electron chi connectivity index (χ4n) is 1.33. The van der Waals surface area contributed by atoms with Gasteiger partial charge in [0.15, 0.2) is 0 Å². The number of hydrogen-bond donors (Lipinski definition) is 0. The van der Waals surface area contributed by atoms with Crippen LogP contribution in [0.15, 0.2) is 36.5 Å². The van der Waals surface area contributed by atoms with Crippen LogP contribution in [0, 0.1) is 0 Å². The van der Waals surface area contributed by atoms with Crippen LogP contribution in [0.2, 0.25) is 5.02 Å². The molecule has 3 nitrogen and oxygen atoms in total. The molecule has 0 spiro atoms. The Bertz CT molecular complexity index is 474. The van der Waals surface area contributed by atoms with Gasteiger partial charge >= 0.3 is 0 Å². The molecule has 0 aliphatic rings. The molecule has 0 atom stereocenters.